The van der Waals surface area contributed by atoms with Crippen molar-refractivity contribution in [2.24, 2.45) is 0 Å². The van der Waals surface area contributed by atoms with Crippen molar-refractivity contribution >= 4 is 5.97 Å². The first-order chi connectivity index (χ1) is 7.11. The summed E-state index contributed by atoms with van der Waals surface area (Å²) >= 11 is 0. The first-order valence-corrected chi connectivity index (χ1v) is 4.85. The van der Waals surface area contributed by atoms with Crippen molar-refractivity contribution in [1.82, 2.24) is 4.98 Å². The van der Waals surface area contributed by atoms with Crippen LogP contribution in [0.4, 0.5) is 0 Å². The molecule has 0 fully saturated rings. The van der Waals surface area contributed by atoms with E-state index in [1.54, 1.807) is 13.1 Å². The zero-order valence-corrected chi connectivity index (χ0v) is 9.06. The molecule has 0 aliphatic rings. The molecule has 0 saturated heterocycles. The number of esters is 1. The van der Waals surface area contributed by atoms with Crippen molar-refractivity contribution in [2.45, 2.75) is 19.8 Å². The number of aromatic nitrogens is 1. The Morgan fingerprint density at radius 1 is 1.60 bits per heavy atom. The molecule has 1 heterocycles. The van der Waals surface area contributed by atoms with Gasteiger partial charge in [0.2, 0.25) is 0 Å². The Morgan fingerprint density at radius 3 is 2.87 bits per heavy atom. The third-order valence-corrected chi connectivity index (χ3v) is 2.01. The highest BCUT2D eigenvalue weighted by molar-refractivity contribution is 5.86. The Labute approximate surface area is 89.8 Å². The highest BCUT2D eigenvalue weighted by Gasteiger charge is 2.10. The number of rotatable bonds is 4. The van der Waals surface area contributed by atoms with Crippen LogP contribution in [0.1, 0.15) is 25.5 Å². The number of ether oxygens (including phenoxy) is 1. The van der Waals surface area contributed by atoms with E-state index in [2.05, 4.69) is 11.6 Å². The van der Waals surface area contributed by atoms with Gasteiger partial charge in [0.05, 0.1) is 6.61 Å². The van der Waals surface area contributed by atoms with Gasteiger partial charge in [-0.25, -0.2) is 4.79 Å². The van der Waals surface area contributed by atoms with Crippen LogP contribution in [-0.4, -0.2) is 17.6 Å². The summed E-state index contributed by atoms with van der Waals surface area (Å²) in [7, 11) is 0. The minimum Gasteiger partial charge on any atom is -0.462 e. The van der Waals surface area contributed by atoms with Gasteiger partial charge in [-0.05, 0) is 19.1 Å². The summed E-state index contributed by atoms with van der Waals surface area (Å²) in [6.45, 7) is 7.45. The molecule has 15 heavy (non-hydrogen) atoms. The smallest absolute Gasteiger partial charge is 0.333 e. The van der Waals surface area contributed by atoms with Crippen LogP contribution in [0.15, 0.2) is 36.5 Å². The van der Waals surface area contributed by atoms with Crippen LogP contribution in [0.5, 0.6) is 0 Å². The van der Waals surface area contributed by atoms with Crippen molar-refractivity contribution in [3.63, 3.8) is 0 Å². The lowest BCUT2D eigenvalue weighted by Gasteiger charge is -2.11. The van der Waals surface area contributed by atoms with Gasteiger partial charge in [-0.2, -0.15) is 0 Å². The van der Waals surface area contributed by atoms with Gasteiger partial charge in [0.15, 0.2) is 0 Å². The van der Waals surface area contributed by atoms with Crippen LogP contribution in [0.25, 0.3) is 0 Å². The van der Waals surface area contributed by atoms with E-state index < -0.39 is 0 Å². The van der Waals surface area contributed by atoms with Gasteiger partial charge in [0.25, 0.3) is 0 Å². The van der Waals surface area contributed by atoms with Gasteiger partial charge in [-0.15, -0.1) is 0 Å². The molecule has 0 spiro atoms. The monoisotopic (exact) mass is 205 g/mol. The topological polar surface area (TPSA) is 39.2 Å². The molecule has 0 saturated carbocycles. The number of nitrogens with zero attached hydrogens (tertiary/aromatic N) is 1. The summed E-state index contributed by atoms with van der Waals surface area (Å²) in [6.07, 6.45) is 1.73. The molecule has 0 amide bonds. The normalized spacial score (nSPS) is 11.9. The summed E-state index contributed by atoms with van der Waals surface area (Å²) in [5.74, 6) is -0.243. The lowest BCUT2D eigenvalue weighted by atomic mass is 10.1. The molecule has 1 unspecified atom stereocenters. The zero-order chi connectivity index (χ0) is 11.3. The second-order valence-electron chi connectivity index (χ2n) is 3.53. The highest BCUT2D eigenvalue weighted by Crippen LogP contribution is 2.12. The van der Waals surface area contributed by atoms with Crippen molar-refractivity contribution in [1.29, 1.82) is 0 Å². The molecule has 3 heteroatoms. The molecule has 1 rings (SSSR count). The fraction of sp³-hybridized carbons (Fsp3) is 0.333. The first-order valence-electron chi connectivity index (χ1n) is 4.85. The fourth-order valence-corrected chi connectivity index (χ4v) is 1.08. The van der Waals surface area contributed by atoms with Gasteiger partial charge in [0, 0.05) is 23.4 Å². The lowest BCUT2D eigenvalue weighted by Crippen LogP contribution is -2.11. The van der Waals surface area contributed by atoms with Crippen molar-refractivity contribution < 1.29 is 9.53 Å². The van der Waals surface area contributed by atoms with Crippen molar-refractivity contribution in [3.05, 3.63) is 42.2 Å². The van der Waals surface area contributed by atoms with E-state index in [-0.39, 0.29) is 11.9 Å². The van der Waals surface area contributed by atoms with E-state index in [9.17, 15) is 4.79 Å². The maximum absolute atomic E-state index is 11.1. The standard InChI is InChI=1S/C12H15NO2/c1-9(2)12(14)15-8-10(3)11-6-4-5-7-13-11/h4-7,10H,1,8H2,2-3H3. The van der Waals surface area contributed by atoms with E-state index in [4.69, 9.17) is 4.74 Å². The quantitative estimate of drug-likeness (QED) is 0.559. The van der Waals surface area contributed by atoms with Crippen molar-refractivity contribution in [2.75, 3.05) is 6.61 Å². The second-order valence-corrected chi connectivity index (χ2v) is 3.53. The summed E-state index contributed by atoms with van der Waals surface area (Å²) in [6, 6.07) is 5.69. The number of carbonyl (C=O) groups is 1. The van der Waals surface area contributed by atoms with Crippen LogP contribution in [-0.2, 0) is 9.53 Å². The van der Waals surface area contributed by atoms with Gasteiger partial charge in [-0.3, -0.25) is 4.98 Å². The maximum atomic E-state index is 11.1. The molecule has 80 valence electrons. The molecule has 3 nitrogen and oxygen atoms in total. The molecule has 0 N–H and O–H groups in total. The fourth-order valence-electron chi connectivity index (χ4n) is 1.08. The van der Waals surface area contributed by atoms with E-state index in [0.29, 0.717) is 12.2 Å². The Morgan fingerprint density at radius 2 is 2.33 bits per heavy atom. The minimum absolute atomic E-state index is 0.106. The summed E-state index contributed by atoms with van der Waals surface area (Å²) < 4.78 is 5.04. The molecule has 1 aromatic heterocycles. The third-order valence-electron chi connectivity index (χ3n) is 2.01. The number of carbonyl (C=O) groups excluding carboxylic acids is 1. The van der Waals surface area contributed by atoms with Gasteiger partial charge in [0.1, 0.15) is 0 Å². The molecule has 1 atom stereocenters. The lowest BCUT2D eigenvalue weighted by molar-refractivity contribution is -0.139. The zero-order valence-electron chi connectivity index (χ0n) is 9.06. The van der Waals surface area contributed by atoms with Crippen LogP contribution in [0, 0.1) is 0 Å². The molecule has 0 aromatic carbocycles. The highest BCUT2D eigenvalue weighted by atomic mass is 16.5. The van der Waals surface area contributed by atoms with E-state index in [1.165, 1.54) is 0 Å². The van der Waals surface area contributed by atoms with E-state index in [1.807, 2.05) is 25.1 Å². The minimum atomic E-state index is -0.349. The molecular weight excluding hydrogens is 190 g/mol. The van der Waals surface area contributed by atoms with Crippen molar-refractivity contribution in [3.8, 4) is 0 Å². The average molecular weight is 205 g/mol. The largest absolute Gasteiger partial charge is 0.462 e. The third kappa shape index (κ3) is 3.54. The van der Waals surface area contributed by atoms with E-state index in [0.717, 1.165) is 5.69 Å². The summed E-state index contributed by atoms with van der Waals surface area (Å²) in [4.78, 5) is 15.3. The predicted molar refractivity (Wildman–Crippen MR) is 58.4 cm³/mol. The van der Waals surface area contributed by atoms with Gasteiger partial charge < -0.3 is 4.74 Å². The summed E-state index contributed by atoms with van der Waals surface area (Å²) in [5.41, 5.74) is 1.34. The van der Waals surface area contributed by atoms with Crippen LogP contribution < -0.4 is 0 Å². The molecule has 0 aliphatic carbocycles. The van der Waals surface area contributed by atoms with E-state index >= 15 is 0 Å². The second kappa shape index (κ2) is 5.29. The number of pyridine rings is 1. The summed E-state index contributed by atoms with van der Waals surface area (Å²) in [5, 5.41) is 0. The molecule has 0 bridgehead atoms. The van der Waals surface area contributed by atoms with Gasteiger partial charge >= 0.3 is 5.97 Å². The molecule has 0 aliphatic heterocycles. The maximum Gasteiger partial charge on any atom is 0.333 e. The first kappa shape index (κ1) is 11.4. The Balaban J connectivity index is 2.47. The predicted octanol–water partition coefficient (Wildman–Crippen LogP) is 2.30. The van der Waals surface area contributed by atoms with Crippen LogP contribution in [0.3, 0.4) is 0 Å². The Kier molecular flexibility index (Phi) is 4.03. The molecule has 0 radical (unpaired) electrons. The molecular formula is C12H15NO2. The van der Waals surface area contributed by atoms with Gasteiger partial charge in [-0.1, -0.05) is 19.6 Å². The SMILES string of the molecule is C=C(C)C(=O)OCC(C)c1ccccn1. The number of hydrogen-bond donors (Lipinski definition) is 0. The number of hydrogen-bond acceptors (Lipinski definition) is 3. The van der Waals surface area contributed by atoms with Crippen LogP contribution in [0.2, 0.25) is 0 Å². The van der Waals surface area contributed by atoms with Crippen LogP contribution >= 0.6 is 0 Å². The average Bonchev–Trinajstić information content (AvgIpc) is 2.26. The Hall–Kier alpha value is -1.64. The Bertz CT molecular complexity index is 346. The molecule has 1 aromatic rings.